The van der Waals surface area contributed by atoms with Crippen molar-refractivity contribution in [3.8, 4) is 0 Å². The van der Waals surface area contributed by atoms with Crippen molar-refractivity contribution < 1.29 is 9.53 Å². The van der Waals surface area contributed by atoms with Gasteiger partial charge in [0.1, 0.15) is 6.61 Å². The molecule has 3 rings (SSSR count). The van der Waals surface area contributed by atoms with Gasteiger partial charge in [0.15, 0.2) is 0 Å². The fraction of sp³-hybridized carbons (Fsp3) is 0.421. The van der Waals surface area contributed by atoms with Crippen LogP contribution in [0.25, 0.3) is 0 Å². The minimum Gasteiger partial charge on any atom is -0.372 e. The molecule has 0 aliphatic carbocycles. The molecule has 1 saturated heterocycles. The van der Waals surface area contributed by atoms with Crippen molar-refractivity contribution in [2.45, 2.75) is 25.7 Å². The molecule has 0 unspecified atom stereocenters. The molecule has 1 amide bonds. The Morgan fingerprint density at radius 3 is 2.96 bits per heavy atom. The molecule has 1 aliphatic heterocycles. The lowest BCUT2D eigenvalue weighted by molar-refractivity contribution is -0.137. The number of carbonyl (C=O) groups is 1. The number of benzene rings is 1. The summed E-state index contributed by atoms with van der Waals surface area (Å²) in [5.74, 6) is 0.878. The molecule has 0 radical (unpaired) electrons. The highest BCUT2D eigenvalue weighted by molar-refractivity contribution is 5.77. The number of nitrogens with one attached hydrogen (secondary N) is 1. The summed E-state index contributed by atoms with van der Waals surface area (Å²) in [4.78, 5) is 23.0. The molecule has 0 saturated carbocycles. The van der Waals surface area contributed by atoms with E-state index < -0.39 is 0 Å². The van der Waals surface area contributed by atoms with Gasteiger partial charge in [-0.2, -0.15) is 0 Å². The largest absolute Gasteiger partial charge is 0.372 e. The molecular formula is C19H24N4O2. The molecule has 1 fully saturated rings. The van der Waals surface area contributed by atoms with Crippen LogP contribution in [0.3, 0.4) is 0 Å². The SMILES string of the molecule is CCOCC(=O)N1CCC[C@H](c2ccnc(Nc3ccccc3)n2)C1. The number of anilines is 2. The maximum Gasteiger partial charge on any atom is 0.248 e. The highest BCUT2D eigenvalue weighted by atomic mass is 16.5. The van der Waals surface area contributed by atoms with Crippen LogP contribution in [0.2, 0.25) is 0 Å². The van der Waals surface area contributed by atoms with E-state index in [0.29, 0.717) is 19.1 Å². The fourth-order valence-corrected chi connectivity index (χ4v) is 3.04. The number of rotatable bonds is 6. The van der Waals surface area contributed by atoms with Gasteiger partial charge in [-0.1, -0.05) is 18.2 Å². The molecule has 2 heterocycles. The minimum absolute atomic E-state index is 0.0586. The van der Waals surface area contributed by atoms with Crippen LogP contribution in [0.15, 0.2) is 42.6 Å². The summed E-state index contributed by atoms with van der Waals surface area (Å²) in [5, 5.41) is 3.22. The van der Waals surface area contributed by atoms with Gasteiger partial charge >= 0.3 is 0 Å². The molecule has 1 N–H and O–H groups in total. The molecule has 0 spiro atoms. The van der Waals surface area contributed by atoms with Crippen molar-refractivity contribution in [1.29, 1.82) is 0 Å². The predicted octanol–water partition coefficient (Wildman–Crippen LogP) is 2.96. The number of amides is 1. The van der Waals surface area contributed by atoms with E-state index in [1.807, 2.05) is 48.2 Å². The van der Waals surface area contributed by atoms with Crippen molar-refractivity contribution in [3.05, 3.63) is 48.3 Å². The maximum atomic E-state index is 12.2. The third-order valence-corrected chi connectivity index (χ3v) is 4.33. The first kappa shape index (κ1) is 17.4. The van der Waals surface area contributed by atoms with E-state index in [1.54, 1.807) is 6.20 Å². The van der Waals surface area contributed by atoms with E-state index in [-0.39, 0.29) is 18.4 Å². The third kappa shape index (κ3) is 4.76. The van der Waals surface area contributed by atoms with Crippen molar-refractivity contribution in [3.63, 3.8) is 0 Å². The first-order valence-electron chi connectivity index (χ1n) is 8.77. The Hall–Kier alpha value is -2.47. The van der Waals surface area contributed by atoms with Crippen molar-refractivity contribution >= 4 is 17.5 Å². The van der Waals surface area contributed by atoms with Gasteiger partial charge in [-0.25, -0.2) is 9.97 Å². The number of hydrogen-bond acceptors (Lipinski definition) is 5. The quantitative estimate of drug-likeness (QED) is 0.876. The van der Waals surface area contributed by atoms with Crippen LogP contribution < -0.4 is 5.32 Å². The third-order valence-electron chi connectivity index (χ3n) is 4.33. The van der Waals surface area contributed by atoms with Crippen LogP contribution in [-0.2, 0) is 9.53 Å². The van der Waals surface area contributed by atoms with Gasteiger partial charge in [0, 0.05) is 37.5 Å². The molecule has 1 aliphatic rings. The van der Waals surface area contributed by atoms with Gasteiger partial charge in [0.2, 0.25) is 11.9 Å². The molecule has 132 valence electrons. The topological polar surface area (TPSA) is 67.3 Å². The zero-order valence-electron chi connectivity index (χ0n) is 14.5. The number of piperidine rings is 1. The fourth-order valence-electron chi connectivity index (χ4n) is 3.04. The lowest BCUT2D eigenvalue weighted by Gasteiger charge is -2.32. The summed E-state index contributed by atoms with van der Waals surface area (Å²) in [5.41, 5.74) is 1.93. The first-order chi connectivity index (χ1) is 12.3. The Balaban J connectivity index is 1.66. The van der Waals surface area contributed by atoms with Crippen LogP contribution in [0.1, 0.15) is 31.4 Å². The van der Waals surface area contributed by atoms with E-state index in [9.17, 15) is 4.79 Å². The lowest BCUT2D eigenvalue weighted by atomic mass is 9.94. The Morgan fingerprint density at radius 1 is 1.32 bits per heavy atom. The second-order valence-electron chi connectivity index (χ2n) is 6.11. The van der Waals surface area contributed by atoms with Gasteiger partial charge < -0.3 is 15.0 Å². The monoisotopic (exact) mass is 340 g/mol. The smallest absolute Gasteiger partial charge is 0.248 e. The minimum atomic E-state index is 0.0586. The Bertz CT molecular complexity index is 693. The number of para-hydroxylation sites is 1. The van der Waals surface area contributed by atoms with E-state index in [1.165, 1.54) is 0 Å². The summed E-state index contributed by atoms with van der Waals surface area (Å²) in [7, 11) is 0. The molecule has 1 atom stereocenters. The number of ether oxygens (including phenoxy) is 1. The number of likely N-dealkylation sites (tertiary alicyclic amines) is 1. The van der Waals surface area contributed by atoms with Crippen LogP contribution in [0, 0.1) is 0 Å². The highest BCUT2D eigenvalue weighted by Crippen LogP contribution is 2.26. The Labute approximate surface area is 148 Å². The summed E-state index contributed by atoms with van der Waals surface area (Å²) in [6, 6.07) is 11.8. The van der Waals surface area contributed by atoms with Crippen molar-refractivity contribution in [2.75, 3.05) is 31.6 Å². The van der Waals surface area contributed by atoms with Crippen molar-refractivity contribution in [1.82, 2.24) is 14.9 Å². The summed E-state index contributed by atoms with van der Waals surface area (Å²) < 4.78 is 5.25. The molecule has 6 heteroatoms. The van der Waals surface area contributed by atoms with Crippen LogP contribution in [0.4, 0.5) is 11.6 Å². The van der Waals surface area contributed by atoms with E-state index in [2.05, 4.69) is 15.3 Å². The number of carbonyl (C=O) groups excluding carboxylic acids is 1. The normalized spacial score (nSPS) is 17.3. The van der Waals surface area contributed by atoms with E-state index >= 15 is 0 Å². The van der Waals surface area contributed by atoms with Gasteiger partial charge in [-0.3, -0.25) is 4.79 Å². The molecule has 2 aromatic rings. The summed E-state index contributed by atoms with van der Waals surface area (Å²) in [6.07, 6.45) is 3.78. The van der Waals surface area contributed by atoms with Crippen LogP contribution in [-0.4, -0.2) is 47.1 Å². The average Bonchev–Trinajstić information content (AvgIpc) is 2.67. The first-order valence-corrected chi connectivity index (χ1v) is 8.77. The number of aromatic nitrogens is 2. The maximum absolute atomic E-state index is 12.2. The van der Waals surface area contributed by atoms with Gasteiger partial charge in [0.25, 0.3) is 0 Å². The van der Waals surface area contributed by atoms with Crippen molar-refractivity contribution in [2.24, 2.45) is 0 Å². The molecular weight excluding hydrogens is 316 g/mol. The molecule has 1 aromatic carbocycles. The summed E-state index contributed by atoms with van der Waals surface area (Å²) >= 11 is 0. The lowest BCUT2D eigenvalue weighted by Crippen LogP contribution is -2.41. The second-order valence-corrected chi connectivity index (χ2v) is 6.11. The summed E-state index contributed by atoms with van der Waals surface area (Å²) in [6.45, 7) is 4.10. The number of nitrogens with zero attached hydrogens (tertiary/aromatic N) is 3. The van der Waals surface area contributed by atoms with Gasteiger partial charge in [-0.15, -0.1) is 0 Å². The van der Waals surface area contributed by atoms with Gasteiger partial charge in [0.05, 0.1) is 5.69 Å². The van der Waals surface area contributed by atoms with E-state index in [4.69, 9.17) is 4.74 Å². The predicted molar refractivity (Wildman–Crippen MR) is 96.8 cm³/mol. The number of hydrogen-bond donors (Lipinski definition) is 1. The van der Waals surface area contributed by atoms with Crippen LogP contribution in [0.5, 0.6) is 0 Å². The van der Waals surface area contributed by atoms with Gasteiger partial charge in [-0.05, 0) is 38.0 Å². The van der Waals surface area contributed by atoms with Crippen LogP contribution >= 0.6 is 0 Å². The highest BCUT2D eigenvalue weighted by Gasteiger charge is 2.25. The molecule has 6 nitrogen and oxygen atoms in total. The zero-order chi connectivity index (χ0) is 17.5. The molecule has 25 heavy (non-hydrogen) atoms. The Kier molecular flexibility index (Phi) is 5.95. The Morgan fingerprint density at radius 2 is 2.16 bits per heavy atom. The molecule has 0 bridgehead atoms. The average molecular weight is 340 g/mol. The standard InChI is InChI=1S/C19H24N4O2/c1-2-25-14-18(24)23-12-6-7-15(13-23)17-10-11-20-19(22-17)21-16-8-4-3-5-9-16/h3-5,8-11,15H,2,6-7,12-14H2,1H3,(H,20,21,22)/t15-/m0/s1. The van der Waals surface area contributed by atoms with E-state index in [0.717, 1.165) is 30.8 Å². The molecule has 1 aromatic heterocycles. The zero-order valence-corrected chi connectivity index (χ0v) is 14.5. The second kappa shape index (κ2) is 8.58.